The van der Waals surface area contributed by atoms with Crippen LogP contribution in [0.2, 0.25) is 0 Å². The average Bonchev–Trinajstić information content (AvgIpc) is 2.23. The summed E-state index contributed by atoms with van der Waals surface area (Å²) in [6, 6.07) is 0. The second kappa shape index (κ2) is 9.43. The lowest BCUT2D eigenvalue weighted by atomic mass is 10.1. The first-order valence-corrected chi connectivity index (χ1v) is 7.82. The first kappa shape index (κ1) is 17.5. The van der Waals surface area contributed by atoms with Crippen molar-refractivity contribution in [1.82, 2.24) is 0 Å². The molecule has 1 atom stereocenters. The number of allylic oxidation sites excluding steroid dienone is 3. The number of rotatable bonds is 8. The minimum absolute atomic E-state index is 0.351. The van der Waals surface area contributed by atoms with E-state index in [1.54, 1.807) is 17.8 Å². The van der Waals surface area contributed by atoms with Crippen LogP contribution in [0.4, 0.5) is 0 Å². The summed E-state index contributed by atoms with van der Waals surface area (Å²) < 4.78 is 0. The maximum Gasteiger partial charge on any atom is 0.0597 e. The number of hydrogen-bond acceptors (Lipinski definition) is 2. The fraction of sp³-hybridized carbons (Fsp3) is 0.538. The molecular weight excluding hydrogens is 291 g/mol. The monoisotopic (exact) mass is 310 g/mol. The summed E-state index contributed by atoms with van der Waals surface area (Å²) in [7, 11) is 0. The highest BCUT2D eigenvalue weighted by Gasteiger charge is 2.07. The smallest absolute Gasteiger partial charge is 0.0597 e. The Labute approximate surface area is 125 Å². The zero-order valence-electron chi connectivity index (χ0n) is 10.4. The summed E-state index contributed by atoms with van der Waals surface area (Å²) in [5, 5.41) is 1.28. The summed E-state index contributed by atoms with van der Waals surface area (Å²) in [6.07, 6.45) is 4.01. The molecular formula is C13H20Cl2S2. The molecule has 0 aliphatic rings. The largest absolute Gasteiger partial charge is 0.176 e. The van der Waals surface area contributed by atoms with Crippen LogP contribution in [0, 0.1) is 5.92 Å². The van der Waals surface area contributed by atoms with Gasteiger partial charge in [0.2, 0.25) is 0 Å². The van der Waals surface area contributed by atoms with Gasteiger partial charge in [-0.05, 0) is 30.6 Å². The first-order chi connectivity index (χ1) is 7.84. The molecule has 98 valence electrons. The van der Waals surface area contributed by atoms with Crippen LogP contribution < -0.4 is 0 Å². The van der Waals surface area contributed by atoms with Crippen LogP contribution in [-0.2, 0) is 0 Å². The second-order valence-corrected chi connectivity index (χ2v) is 6.91. The third-order valence-electron chi connectivity index (χ3n) is 2.25. The molecule has 0 aromatic rings. The minimum Gasteiger partial charge on any atom is -0.176 e. The SMILES string of the molecule is C=C(/C=C(\Cl)C(=C)Cl)SCCC[C@@H](S)C(C)C. The standard InChI is InChI=1S/C13H20Cl2S2/c1-9(2)13(16)6-5-7-17-10(3)8-12(15)11(4)14/h8-9,13,16H,3-7H2,1-2H3/b12-8-/t13-/m1/s1. The van der Waals surface area contributed by atoms with E-state index >= 15 is 0 Å². The molecule has 0 nitrogen and oxygen atoms in total. The molecule has 0 radical (unpaired) electrons. The highest BCUT2D eigenvalue weighted by molar-refractivity contribution is 8.03. The van der Waals surface area contributed by atoms with Crippen molar-refractivity contribution in [3.8, 4) is 0 Å². The molecule has 0 heterocycles. The lowest BCUT2D eigenvalue weighted by Gasteiger charge is -2.13. The molecule has 0 saturated heterocycles. The Morgan fingerprint density at radius 2 is 1.94 bits per heavy atom. The highest BCUT2D eigenvalue weighted by Crippen LogP contribution is 2.25. The van der Waals surface area contributed by atoms with E-state index < -0.39 is 0 Å². The Hall–Kier alpha value is 0.500. The van der Waals surface area contributed by atoms with Crippen molar-refractivity contribution in [3.05, 3.63) is 34.2 Å². The van der Waals surface area contributed by atoms with Crippen LogP contribution in [-0.4, -0.2) is 11.0 Å². The predicted molar refractivity (Wildman–Crippen MR) is 87.4 cm³/mol. The van der Waals surface area contributed by atoms with E-state index in [0.717, 1.165) is 23.5 Å². The van der Waals surface area contributed by atoms with Gasteiger partial charge < -0.3 is 0 Å². The van der Waals surface area contributed by atoms with Crippen molar-refractivity contribution in [2.75, 3.05) is 5.75 Å². The van der Waals surface area contributed by atoms with Crippen molar-refractivity contribution in [1.29, 1.82) is 0 Å². The zero-order chi connectivity index (χ0) is 13.4. The van der Waals surface area contributed by atoms with E-state index in [4.69, 9.17) is 23.2 Å². The van der Waals surface area contributed by atoms with Gasteiger partial charge in [-0.2, -0.15) is 12.6 Å². The quantitative estimate of drug-likeness (QED) is 0.333. The van der Waals surface area contributed by atoms with Gasteiger partial charge >= 0.3 is 0 Å². The van der Waals surface area contributed by atoms with Crippen molar-refractivity contribution >= 4 is 47.6 Å². The molecule has 0 fully saturated rings. The first-order valence-electron chi connectivity index (χ1n) is 5.56. The van der Waals surface area contributed by atoms with Crippen LogP contribution in [0.3, 0.4) is 0 Å². The van der Waals surface area contributed by atoms with Gasteiger partial charge in [0.25, 0.3) is 0 Å². The molecule has 0 spiro atoms. The maximum absolute atomic E-state index is 5.86. The van der Waals surface area contributed by atoms with Crippen molar-refractivity contribution in [2.45, 2.75) is 31.9 Å². The molecule has 0 N–H and O–H groups in total. The summed E-state index contributed by atoms with van der Waals surface area (Å²) in [4.78, 5) is 0.914. The summed E-state index contributed by atoms with van der Waals surface area (Å²) >= 11 is 17.7. The van der Waals surface area contributed by atoms with Gasteiger partial charge in [-0.25, -0.2) is 0 Å². The van der Waals surface area contributed by atoms with E-state index in [0.29, 0.717) is 21.2 Å². The molecule has 0 unspecified atom stereocenters. The van der Waals surface area contributed by atoms with Crippen molar-refractivity contribution in [2.24, 2.45) is 5.92 Å². The fourth-order valence-electron chi connectivity index (χ4n) is 1.09. The maximum atomic E-state index is 5.86. The topological polar surface area (TPSA) is 0 Å². The van der Waals surface area contributed by atoms with Crippen LogP contribution in [0.1, 0.15) is 26.7 Å². The van der Waals surface area contributed by atoms with Crippen LogP contribution in [0.5, 0.6) is 0 Å². The Morgan fingerprint density at radius 1 is 1.35 bits per heavy atom. The molecule has 0 aliphatic heterocycles. The van der Waals surface area contributed by atoms with E-state index in [-0.39, 0.29) is 0 Å². The molecule has 17 heavy (non-hydrogen) atoms. The average molecular weight is 311 g/mol. The van der Waals surface area contributed by atoms with Gasteiger partial charge in [0, 0.05) is 10.2 Å². The fourth-order valence-corrected chi connectivity index (χ4v) is 2.30. The van der Waals surface area contributed by atoms with Crippen molar-refractivity contribution < 1.29 is 0 Å². The normalized spacial score (nSPS) is 13.9. The van der Waals surface area contributed by atoms with Crippen molar-refractivity contribution in [3.63, 3.8) is 0 Å². The van der Waals surface area contributed by atoms with E-state index in [2.05, 4.69) is 39.6 Å². The van der Waals surface area contributed by atoms with Crippen LogP contribution >= 0.6 is 47.6 Å². The van der Waals surface area contributed by atoms with Gasteiger partial charge in [0.05, 0.1) is 10.1 Å². The number of hydrogen-bond donors (Lipinski definition) is 1. The van der Waals surface area contributed by atoms with Gasteiger partial charge in [-0.15, -0.1) is 11.8 Å². The zero-order valence-corrected chi connectivity index (χ0v) is 13.6. The Bertz CT molecular complexity index is 296. The third kappa shape index (κ3) is 9.12. The van der Waals surface area contributed by atoms with Crippen LogP contribution in [0.15, 0.2) is 34.2 Å². The molecule has 0 aliphatic carbocycles. The molecule has 0 rings (SSSR count). The lowest BCUT2D eigenvalue weighted by molar-refractivity contribution is 0.572. The second-order valence-electron chi connectivity index (χ2n) is 4.17. The third-order valence-corrected chi connectivity index (χ3v) is 4.72. The number of thiol groups is 1. The van der Waals surface area contributed by atoms with E-state index in [1.165, 1.54) is 0 Å². The molecule has 0 bridgehead atoms. The van der Waals surface area contributed by atoms with Crippen LogP contribution in [0.25, 0.3) is 0 Å². The molecule has 4 heteroatoms. The van der Waals surface area contributed by atoms with E-state index in [1.807, 2.05) is 0 Å². The molecule has 0 amide bonds. The molecule has 0 aromatic carbocycles. The summed E-state index contributed by atoms with van der Waals surface area (Å²) in [5.41, 5.74) is 0. The summed E-state index contributed by atoms with van der Waals surface area (Å²) in [5.74, 6) is 1.65. The number of thioether (sulfide) groups is 1. The Kier molecular flexibility index (Phi) is 9.71. The molecule has 0 saturated carbocycles. The highest BCUT2D eigenvalue weighted by atomic mass is 35.5. The number of halogens is 2. The Balaban J connectivity index is 3.80. The lowest BCUT2D eigenvalue weighted by Crippen LogP contribution is -2.07. The molecule has 0 aromatic heterocycles. The van der Waals surface area contributed by atoms with E-state index in [9.17, 15) is 0 Å². The van der Waals surface area contributed by atoms with Gasteiger partial charge in [-0.1, -0.05) is 50.2 Å². The Morgan fingerprint density at radius 3 is 2.41 bits per heavy atom. The van der Waals surface area contributed by atoms with Gasteiger partial charge in [0.15, 0.2) is 0 Å². The predicted octanol–water partition coefficient (Wildman–Crippen LogP) is 5.84. The van der Waals surface area contributed by atoms with Gasteiger partial charge in [-0.3, -0.25) is 0 Å². The van der Waals surface area contributed by atoms with Gasteiger partial charge in [0.1, 0.15) is 0 Å². The summed E-state index contributed by atoms with van der Waals surface area (Å²) in [6.45, 7) is 11.8. The minimum atomic E-state index is 0.351.